The first kappa shape index (κ1) is 17.8. The second kappa shape index (κ2) is 7.11. The molecule has 0 bridgehead atoms. The largest absolute Gasteiger partial charge is 0.481 e. The lowest BCUT2D eigenvalue weighted by atomic mass is 9.75. The molecule has 1 atom stereocenters. The van der Waals surface area contributed by atoms with E-state index in [0.29, 0.717) is 30.8 Å². The van der Waals surface area contributed by atoms with Crippen molar-refractivity contribution in [1.82, 2.24) is 4.98 Å². The molecule has 1 aromatic heterocycles. The molecule has 7 heteroatoms. The summed E-state index contributed by atoms with van der Waals surface area (Å²) < 4.78 is 14.1. The fourth-order valence-corrected chi connectivity index (χ4v) is 3.55. The number of carbonyl (C=O) groups is 2. The number of benzene rings is 1. The highest BCUT2D eigenvalue weighted by molar-refractivity contribution is 5.97. The molecule has 2 aromatic rings. The molecular weight excluding hydrogens is 337 g/mol. The molecule has 1 fully saturated rings. The van der Waals surface area contributed by atoms with Crippen molar-refractivity contribution in [2.24, 2.45) is 11.1 Å². The monoisotopic (exact) mass is 357 g/mol. The van der Waals surface area contributed by atoms with E-state index in [1.54, 1.807) is 35.2 Å². The molecule has 26 heavy (non-hydrogen) atoms. The quantitative estimate of drug-likeness (QED) is 0.855. The first-order valence-electron chi connectivity index (χ1n) is 8.39. The number of carbonyl (C=O) groups excluding carboxylic acids is 1. The number of hydrogen-bond acceptors (Lipinski definition) is 4. The Morgan fingerprint density at radius 1 is 1.27 bits per heavy atom. The third-order valence-corrected chi connectivity index (χ3v) is 4.87. The van der Waals surface area contributed by atoms with Gasteiger partial charge in [-0.1, -0.05) is 18.2 Å². The third kappa shape index (κ3) is 3.37. The number of amides is 1. The number of anilines is 1. The van der Waals surface area contributed by atoms with E-state index in [1.165, 1.54) is 12.3 Å². The average molecular weight is 357 g/mol. The van der Waals surface area contributed by atoms with Gasteiger partial charge in [0.2, 0.25) is 0 Å². The van der Waals surface area contributed by atoms with E-state index in [2.05, 4.69) is 4.98 Å². The first-order valence-corrected chi connectivity index (χ1v) is 8.39. The summed E-state index contributed by atoms with van der Waals surface area (Å²) in [6.07, 6.45) is 2.63. The summed E-state index contributed by atoms with van der Waals surface area (Å²) in [5, 5.41) is 9.92. The molecule has 1 aliphatic rings. The molecule has 6 nitrogen and oxygen atoms in total. The maximum atomic E-state index is 14.1. The van der Waals surface area contributed by atoms with Crippen LogP contribution in [0.1, 0.15) is 28.8 Å². The van der Waals surface area contributed by atoms with Gasteiger partial charge in [-0.2, -0.15) is 0 Å². The first-order chi connectivity index (χ1) is 12.4. The molecule has 1 aromatic carbocycles. The van der Waals surface area contributed by atoms with Crippen LogP contribution in [0.25, 0.3) is 0 Å². The van der Waals surface area contributed by atoms with Crippen molar-refractivity contribution >= 4 is 17.7 Å². The minimum atomic E-state index is -1.16. The van der Waals surface area contributed by atoms with Crippen molar-refractivity contribution in [3.05, 3.63) is 59.5 Å². The van der Waals surface area contributed by atoms with Crippen LogP contribution in [0, 0.1) is 11.2 Å². The highest BCUT2D eigenvalue weighted by Crippen LogP contribution is 2.37. The smallest absolute Gasteiger partial charge is 0.311 e. The molecule has 136 valence electrons. The van der Waals surface area contributed by atoms with E-state index in [4.69, 9.17) is 5.73 Å². The van der Waals surface area contributed by atoms with Crippen molar-refractivity contribution < 1.29 is 19.1 Å². The van der Waals surface area contributed by atoms with Gasteiger partial charge in [-0.3, -0.25) is 9.59 Å². The number of nitrogens with two attached hydrogens (primary N) is 1. The summed E-state index contributed by atoms with van der Waals surface area (Å²) in [6, 6.07) is 9.38. The number of halogens is 1. The molecule has 2 heterocycles. The van der Waals surface area contributed by atoms with Crippen molar-refractivity contribution in [3.63, 3.8) is 0 Å². The van der Waals surface area contributed by atoms with Crippen LogP contribution in [0.15, 0.2) is 42.6 Å². The Balaban J connectivity index is 1.95. The van der Waals surface area contributed by atoms with Crippen LogP contribution in [0.2, 0.25) is 0 Å². The van der Waals surface area contributed by atoms with Gasteiger partial charge in [0.15, 0.2) is 0 Å². The van der Waals surface area contributed by atoms with Crippen molar-refractivity contribution in [1.29, 1.82) is 0 Å². The molecule has 0 saturated carbocycles. The van der Waals surface area contributed by atoms with E-state index in [0.717, 1.165) is 0 Å². The topological polar surface area (TPSA) is 96.5 Å². The average Bonchev–Trinajstić information content (AvgIpc) is 2.64. The van der Waals surface area contributed by atoms with Crippen molar-refractivity contribution in [3.8, 4) is 0 Å². The predicted molar refractivity (Wildman–Crippen MR) is 94.4 cm³/mol. The molecule has 0 spiro atoms. The highest BCUT2D eigenvalue weighted by Gasteiger charge is 2.43. The predicted octanol–water partition coefficient (Wildman–Crippen LogP) is 2.23. The zero-order chi connectivity index (χ0) is 18.7. The standard InChI is InChI=1S/C19H20FN3O3/c20-15-7-2-1-5-13(15)11-19(18(25)26)8-4-10-23(12-19)17-14(16(21)24)6-3-9-22-17/h1-3,5-7,9H,4,8,10-12H2,(H2,21,24)(H,25,26)/t19-/m0/s1. The van der Waals surface area contributed by atoms with Crippen LogP contribution in [-0.2, 0) is 11.2 Å². The van der Waals surface area contributed by atoms with E-state index in [9.17, 15) is 19.1 Å². The van der Waals surface area contributed by atoms with Gasteiger partial charge in [-0.05, 0) is 43.0 Å². The van der Waals surface area contributed by atoms with Crippen molar-refractivity contribution in [2.75, 3.05) is 18.0 Å². The molecule has 3 rings (SSSR count). The van der Waals surface area contributed by atoms with Crippen LogP contribution in [-0.4, -0.2) is 35.1 Å². The van der Waals surface area contributed by atoms with Crippen LogP contribution in [0.3, 0.4) is 0 Å². The maximum Gasteiger partial charge on any atom is 0.311 e. The summed E-state index contributed by atoms with van der Waals surface area (Å²) in [7, 11) is 0. The van der Waals surface area contributed by atoms with E-state index >= 15 is 0 Å². The summed E-state index contributed by atoms with van der Waals surface area (Å²) in [4.78, 5) is 29.8. The summed E-state index contributed by atoms with van der Waals surface area (Å²) in [5.74, 6) is -1.64. The number of aliphatic carboxylic acids is 1. The Kier molecular flexibility index (Phi) is 4.88. The van der Waals surface area contributed by atoms with Gasteiger partial charge in [0, 0.05) is 19.3 Å². The summed E-state index contributed by atoms with van der Waals surface area (Å²) in [6.45, 7) is 0.692. The van der Waals surface area contributed by atoms with Crippen molar-refractivity contribution in [2.45, 2.75) is 19.3 Å². The summed E-state index contributed by atoms with van der Waals surface area (Å²) >= 11 is 0. The summed E-state index contributed by atoms with van der Waals surface area (Å²) in [5.41, 5.74) is 4.88. The number of hydrogen-bond donors (Lipinski definition) is 2. The Morgan fingerprint density at radius 2 is 2.04 bits per heavy atom. The molecule has 0 unspecified atom stereocenters. The van der Waals surface area contributed by atoms with Gasteiger partial charge in [-0.15, -0.1) is 0 Å². The normalized spacial score (nSPS) is 20.0. The minimum absolute atomic E-state index is 0.0737. The van der Waals surface area contributed by atoms with Gasteiger partial charge >= 0.3 is 5.97 Å². The van der Waals surface area contributed by atoms with Gasteiger partial charge < -0.3 is 15.7 Å². The number of piperidine rings is 1. The Labute approximate surface area is 150 Å². The lowest BCUT2D eigenvalue weighted by Crippen LogP contribution is -2.50. The van der Waals surface area contributed by atoms with Crippen LogP contribution < -0.4 is 10.6 Å². The van der Waals surface area contributed by atoms with Gasteiger partial charge in [-0.25, -0.2) is 9.37 Å². The van der Waals surface area contributed by atoms with Gasteiger partial charge in [0.25, 0.3) is 5.91 Å². The maximum absolute atomic E-state index is 14.1. The molecule has 1 aliphatic heterocycles. The SMILES string of the molecule is NC(=O)c1cccnc1N1CCC[C@@](Cc2ccccc2F)(C(=O)O)C1. The zero-order valence-corrected chi connectivity index (χ0v) is 14.2. The van der Waals surface area contributed by atoms with Crippen LogP contribution in [0.5, 0.6) is 0 Å². The molecule has 0 aliphatic carbocycles. The number of nitrogens with zero attached hydrogens (tertiary/aromatic N) is 2. The number of rotatable bonds is 5. The van der Waals surface area contributed by atoms with E-state index < -0.39 is 23.1 Å². The second-order valence-electron chi connectivity index (χ2n) is 6.62. The minimum Gasteiger partial charge on any atom is -0.481 e. The zero-order valence-electron chi connectivity index (χ0n) is 14.2. The molecular formula is C19H20FN3O3. The van der Waals surface area contributed by atoms with E-state index in [1.807, 2.05) is 0 Å². The highest BCUT2D eigenvalue weighted by atomic mass is 19.1. The number of carboxylic acids is 1. The fraction of sp³-hybridized carbons (Fsp3) is 0.316. The Bertz CT molecular complexity index is 842. The number of primary amides is 1. The van der Waals surface area contributed by atoms with Gasteiger partial charge in [0.1, 0.15) is 11.6 Å². The number of pyridine rings is 1. The molecule has 0 radical (unpaired) electrons. The van der Waals surface area contributed by atoms with Gasteiger partial charge in [0.05, 0.1) is 11.0 Å². The Hall–Kier alpha value is -2.96. The number of carboxylic acid groups (broad SMARTS) is 1. The second-order valence-corrected chi connectivity index (χ2v) is 6.62. The molecule has 1 saturated heterocycles. The van der Waals surface area contributed by atoms with E-state index in [-0.39, 0.29) is 18.5 Å². The van der Waals surface area contributed by atoms with Crippen LogP contribution in [0.4, 0.5) is 10.2 Å². The molecule has 3 N–H and O–H groups in total. The lowest BCUT2D eigenvalue weighted by molar-refractivity contribution is -0.149. The lowest BCUT2D eigenvalue weighted by Gasteiger charge is -2.41. The Morgan fingerprint density at radius 3 is 2.73 bits per heavy atom. The number of aromatic nitrogens is 1. The molecule has 1 amide bonds. The third-order valence-electron chi connectivity index (χ3n) is 4.87. The van der Waals surface area contributed by atoms with Crippen LogP contribution >= 0.6 is 0 Å². The fourth-order valence-electron chi connectivity index (χ4n) is 3.55.